The lowest BCUT2D eigenvalue weighted by Crippen LogP contribution is -2.30. The van der Waals surface area contributed by atoms with Crippen LogP contribution in [-0.4, -0.2) is 22.7 Å². The van der Waals surface area contributed by atoms with E-state index in [9.17, 15) is 10.0 Å². The summed E-state index contributed by atoms with van der Waals surface area (Å²) in [5.74, 6) is -0.227. The van der Waals surface area contributed by atoms with Gasteiger partial charge < -0.3 is 10.5 Å². The monoisotopic (exact) mass is 332 g/mol. The van der Waals surface area contributed by atoms with Gasteiger partial charge in [-0.2, -0.15) is 5.06 Å². The zero-order valence-corrected chi connectivity index (χ0v) is 12.2. The molecule has 0 bridgehead atoms. The summed E-state index contributed by atoms with van der Waals surface area (Å²) < 4.78 is 0.904. The van der Waals surface area contributed by atoms with Gasteiger partial charge in [0.2, 0.25) is 5.91 Å². The predicted molar refractivity (Wildman–Crippen MR) is 79.5 cm³/mol. The Morgan fingerprint density at radius 3 is 2.70 bits per heavy atom. The van der Waals surface area contributed by atoms with Gasteiger partial charge in [-0.05, 0) is 23.8 Å². The summed E-state index contributed by atoms with van der Waals surface area (Å²) in [5, 5.41) is 14.2. The maximum Gasteiger partial charge on any atom is 0.241 e. The van der Waals surface area contributed by atoms with Gasteiger partial charge in [-0.1, -0.05) is 46.3 Å². The third-order valence-corrected chi connectivity index (χ3v) is 3.79. The van der Waals surface area contributed by atoms with E-state index in [1.54, 1.807) is 0 Å². The molecule has 0 saturated heterocycles. The van der Waals surface area contributed by atoms with Crippen molar-refractivity contribution in [3.63, 3.8) is 0 Å². The second-order valence-corrected chi connectivity index (χ2v) is 5.61. The van der Waals surface area contributed by atoms with Crippen LogP contribution >= 0.6 is 15.9 Å². The standard InChI is InChI=1S/C15H13BrN2O2/c16-11-6-7-13-12(8-11)15(10-4-2-1-3-5-10)18(20)9-14(19)17-13/h1-8,15,20H,9H2,(H,17,19). The Kier molecular flexibility index (Phi) is 3.56. The number of rotatable bonds is 1. The molecule has 1 unspecified atom stereocenters. The molecule has 0 aliphatic carbocycles. The molecule has 2 N–H and O–H groups in total. The first kappa shape index (κ1) is 13.3. The van der Waals surface area contributed by atoms with Gasteiger partial charge in [-0.15, -0.1) is 0 Å². The minimum absolute atomic E-state index is 0.0636. The number of hydrogen-bond acceptors (Lipinski definition) is 3. The molecule has 2 aromatic carbocycles. The summed E-state index contributed by atoms with van der Waals surface area (Å²) in [7, 11) is 0. The second kappa shape index (κ2) is 5.36. The van der Waals surface area contributed by atoms with Gasteiger partial charge in [0, 0.05) is 15.7 Å². The van der Waals surface area contributed by atoms with Crippen LogP contribution in [0.15, 0.2) is 53.0 Å². The molecule has 0 radical (unpaired) electrons. The summed E-state index contributed by atoms with van der Waals surface area (Å²) in [5.41, 5.74) is 2.52. The quantitative estimate of drug-likeness (QED) is 0.843. The molecule has 1 heterocycles. The van der Waals surface area contributed by atoms with Crippen LogP contribution in [0.25, 0.3) is 0 Å². The van der Waals surface area contributed by atoms with Crippen LogP contribution in [-0.2, 0) is 4.79 Å². The highest BCUT2D eigenvalue weighted by Gasteiger charge is 2.29. The van der Waals surface area contributed by atoms with E-state index in [0.717, 1.165) is 26.4 Å². The van der Waals surface area contributed by atoms with Crippen molar-refractivity contribution in [2.45, 2.75) is 6.04 Å². The third-order valence-electron chi connectivity index (χ3n) is 3.30. The van der Waals surface area contributed by atoms with Crippen molar-refractivity contribution < 1.29 is 10.0 Å². The number of hydrogen-bond donors (Lipinski definition) is 2. The fourth-order valence-electron chi connectivity index (χ4n) is 2.45. The Labute approximate surface area is 125 Å². The minimum Gasteiger partial charge on any atom is -0.325 e. The van der Waals surface area contributed by atoms with Gasteiger partial charge >= 0.3 is 0 Å². The SMILES string of the molecule is O=C1CN(O)C(c2ccccc2)c2cc(Br)ccc2N1. The first-order valence-electron chi connectivity index (χ1n) is 6.25. The van der Waals surface area contributed by atoms with Crippen LogP contribution in [0.2, 0.25) is 0 Å². The van der Waals surface area contributed by atoms with E-state index in [-0.39, 0.29) is 18.5 Å². The molecule has 0 spiro atoms. The highest BCUT2D eigenvalue weighted by molar-refractivity contribution is 9.10. The molecule has 1 aliphatic rings. The fourth-order valence-corrected chi connectivity index (χ4v) is 2.83. The summed E-state index contributed by atoms with van der Waals surface area (Å²) in [6, 6.07) is 14.9. The largest absolute Gasteiger partial charge is 0.325 e. The van der Waals surface area contributed by atoms with Crippen LogP contribution in [0.5, 0.6) is 0 Å². The highest BCUT2D eigenvalue weighted by Crippen LogP contribution is 2.36. The lowest BCUT2D eigenvalue weighted by molar-refractivity contribution is -0.140. The maximum atomic E-state index is 11.8. The smallest absolute Gasteiger partial charge is 0.241 e. The first-order valence-corrected chi connectivity index (χ1v) is 7.04. The van der Waals surface area contributed by atoms with Crippen LogP contribution in [0.3, 0.4) is 0 Å². The first-order chi connectivity index (χ1) is 9.65. The normalized spacial score (nSPS) is 19.1. The summed E-state index contributed by atoms with van der Waals surface area (Å²) in [6.07, 6.45) is 0. The van der Waals surface area contributed by atoms with Gasteiger partial charge in [0.25, 0.3) is 0 Å². The van der Waals surface area contributed by atoms with Gasteiger partial charge in [-0.25, -0.2) is 0 Å². The number of carbonyl (C=O) groups is 1. The highest BCUT2D eigenvalue weighted by atomic mass is 79.9. The lowest BCUT2D eigenvalue weighted by Gasteiger charge is -2.24. The molecule has 1 amide bonds. The zero-order valence-electron chi connectivity index (χ0n) is 10.6. The van der Waals surface area contributed by atoms with E-state index in [2.05, 4.69) is 21.2 Å². The molecule has 5 heteroatoms. The van der Waals surface area contributed by atoms with E-state index in [1.165, 1.54) is 0 Å². The Bertz CT molecular complexity index is 646. The van der Waals surface area contributed by atoms with Crippen molar-refractivity contribution in [3.05, 3.63) is 64.1 Å². The number of halogens is 1. The Hall–Kier alpha value is -1.69. The van der Waals surface area contributed by atoms with Crippen LogP contribution < -0.4 is 5.32 Å². The molecular formula is C15H13BrN2O2. The lowest BCUT2D eigenvalue weighted by atomic mass is 9.97. The van der Waals surface area contributed by atoms with Gasteiger partial charge in [0.1, 0.15) is 6.54 Å². The average molecular weight is 333 g/mol. The third kappa shape index (κ3) is 2.47. The molecule has 1 aliphatic heterocycles. The Morgan fingerprint density at radius 2 is 1.95 bits per heavy atom. The van der Waals surface area contributed by atoms with E-state index in [4.69, 9.17) is 0 Å². The van der Waals surface area contributed by atoms with Gasteiger partial charge in [0.15, 0.2) is 0 Å². The molecule has 0 fully saturated rings. The van der Waals surface area contributed by atoms with Crippen LogP contribution in [0, 0.1) is 0 Å². The van der Waals surface area contributed by atoms with Crippen LogP contribution in [0.4, 0.5) is 5.69 Å². The van der Waals surface area contributed by atoms with Crippen molar-refractivity contribution in [2.24, 2.45) is 0 Å². The number of nitrogens with one attached hydrogen (secondary N) is 1. The van der Waals surface area contributed by atoms with Crippen molar-refractivity contribution >= 4 is 27.5 Å². The zero-order chi connectivity index (χ0) is 14.1. The Balaban J connectivity index is 2.17. The summed E-state index contributed by atoms with van der Waals surface area (Å²) in [4.78, 5) is 11.8. The fraction of sp³-hybridized carbons (Fsp3) is 0.133. The molecule has 20 heavy (non-hydrogen) atoms. The van der Waals surface area contributed by atoms with Crippen molar-refractivity contribution in [3.8, 4) is 0 Å². The number of benzene rings is 2. The summed E-state index contributed by atoms with van der Waals surface area (Å²) in [6.45, 7) is -0.0636. The number of carbonyl (C=O) groups excluding carboxylic acids is 1. The Morgan fingerprint density at radius 1 is 1.20 bits per heavy atom. The number of amides is 1. The van der Waals surface area contributed by atoms with Gasteiger partial charge in [0.05, 0.1) is 6.04 Å². The van der Waals surface area contributed by atoms with E-state index in [0.29, 0.717) is 0 Å². The molecule has 2 aromatic rings. The topological polar surface area (TPSA) is 52.6 Å². The number of hydroxylamine groups is 2. The van der Waals surface area contributed by atoms with E-state index < -0.39 is 0 Å². The van der Waals surface area contributed by atoms with Crippen molar-refractivity contribution in [2.75, 3.05) is 11.9 Å². The number of nitrogens with zero attached hydrogens (tertiary/aromatic N) is 1. The van der Waals surface area contributed by atoms with Gasteiger partial charge in [-0.3, -0.25) is 4.79 Å². The van der Waals surface area contributed by atoms with Crippen molar-refractivity contribution in [1.82, 2.24) is 5.06 Å². The molecule has 3 rings (SSSR count). The second-order valence-electron chi connectivity index (χ2n) is 4.69. The average Bonchev–Trinajstić information content (AvgIpc) is 2.54. The summed E-state index contributed by atoms with van der Waals surface area (Å²) >= 11 is 3.44. The minimum atomic E-state index is -0.373. The molecule has 102 valence electrons. The molecular weight excluding hydrogens is 320 g/mol. The molecule has 1 atom stereocenters. The molecule has 4 nitrogen and oxygen atoms in total. The van der Waals surface area contributed by atoms with Crippen molar-refractivity contribution in [1.29, 1.82) is 0 Å². The number of fused-ring (bicyclic) bond motifs is 1. The molecule has 0 aromatic heterocycles. The number of anilines is 1. The van der Waals surface area contributed by atoms with E-state index >= 15 is 0 Å². The maximum absolute atomic E-state index is 11.8. The van der Waals surface area contributed by atoms with Crippen LogP contribution in [0.1, 0.15) is 17.2 Å². The predicted octanol–water partition coefficient (Wildman–Crippen LogP) is 3.18. The van der Waals surface area contributed by atoms with E-state index in [1.807, 2.05) is 48.5 Å². The molecule has 0 saturated carbocycles.